The second-order valence-electron chi connectivity index (χ2n) is 7.70. The number of pyridine rings is 1. The topological polar surface area (TPSA) is 22.3 Å². The molecule has 2 atom stereocenters. The second-order valence-corrected chi connectivity index (χ2v) is 7.70. The lowest BCUT2D eigenvalue weighted by molar-refractivity contribution is -0.755. The molecule has 2 bridgehead atoms. The van der Waals surface area contributed by atoms with Crippen LogP contribution in [-0.2, 0) is 9.47 Å². The standard InChI is InChI=1S/C22H28NO2.ClH/c1-6-24-22(25-7-2)19-16-12-10-11-15(3)18(16)20(21(22,4)5)23-14-9-8-13-17(19)23;/h8-14,19-20H,6-7H2,1-5H3;1H/q+1;/p-1. The van der Waals surface area contributed by atoms with Gasteiger partial charge in [-0.3, -0.25) is 0 Å². The molecular formula is C22H28ClNO2. The zero-order valence-corrected chi connectivity index (χ0v) is 17.0. The van der Waals surface area contributed by atoms with Gasteiger partial charge in [0.25, 0.3) is 0 Å². The fourth-order valence-corrected chi connectivity index (χ4v) is 5.26. The van der Waals surface area contributed by atoms with Gasteiger partial charge in [-0.15, -0.1) is 0 Å². The number of hydrogen-bond donors (Lipinski definition) is 0. The summed E-state index contributed by atoms with van der Waals surface area (Å²) in [4.78, 5) is 0. The molecule has 2 aromatic rings. The van der Waals surface area contributed by atoms with Crippen molar-refractivity contribution in [1.29, 1.82) is 0 Å². The Labute approximate surface area is 162 Å². The van der Waals surface area contributed by atoms with Crippen LogP contribution >= 0.6 is 0 Å². The number of aryl methyl sites for hydroxylation is 1. The fraction of sp³-hybridized carbons (Fsp3) is 0.500. The van der Waals surface area contributed by atoms with Crippen molar-refractivity contribution < 1.29 is 26.4 Å². The predicted molar refractivity (Wildman–Crippen MR) is 97.6 cm³/mol. The molecule has 26 heavy (non-hydrogen) atoms. The molecule has 0 N–H and O–H groups in total. The maximum Gasteiger partial charge on any atom is 0.196 e. The molecule has 0 saturated heterocycles. The van der Waals surface area contributed by atoms with E-state index in [0.29, 0.717) is 13.2 Å². The third-order valence-corrected chi connectivity index (χ3v) is 6.12. The molecule has 140 valence electrons. The van der Waals surface area contributed by atoms with Crippen molar-refractivity contribution in [3.8, 4) is 0 Å². The summed E-state index contributed by atoms with van der Waals surface area (Å²) in [5.74, 6) is -0.577. The van der Waals surface area contributed by atoms with Gasteiger partial charge in [0.15, 0.2) is 23.7 Å². The minimum absolute atomic E-state index is 0. The maximum absolute atomic E-state index is 6.48. The van der Waals surface area contributed by atoms with Gasteiger partial charge in [0.2, 0.25) is 0 Å². The van der Waals surface area contributed by atoms with Gasteiger partial charge in [0.05, 0.1) is 5.41 Å². The molecule has 0 amide bonds. The summed E-state index contributed by atoms with van der Waals surface area (Å²) in [5.41, 5.74) is 5.24. The average molecular weight is 374 g/mol. The highest BCUT2D eigenvalue weighted by atomic mass is 35.5. The summed E-state index contributed by atoms with van der Waals surface area (Å²) in [5, 5.41) is 0. The molecule has 0 fully saturated rings. The van der Waals surface area contributed by atoms with Gasteiger partial charge in [-0.1, -0.05) is 24.3 Å². The Kier molecular flexibility index (Phi) is 4.93. The highest BCUT2D eigenvalue weighted by molar-refractivity contribution is 5.49. The smallest absolute Gasteiger partial charge is 0.196 e. The van der Waals surface area contributed by atoms with Crippen LogP contribution < -0.4 is 17.0 Å². The zero-order valence-electron chi connectivity index (χ0n) is 16.3. The van der Waals surface area contributed by atoms with Crippen LogP contribution in [0.2, 0.25) is 0 Å². The summed E-state index contributed by atoms with van der Waals surface area (Å²) in [6.45, 7) is 12.2. The van der Waals surface area contributed by atoms with Crippen LogP contribution in [0, 0.1) is 12.3 Å². The summed E-state index contributed by atoms with van der Waals surface area (Å²) in [7, 11) is 0. The first-order valence-electron chi connectivity index (χ1n) is 9.37. The number of aromatic nitrogens is 1. The summed E-state index contributed by atoms with van der Waals surface area (Å²) in [6, 6.07) is 13.3. The predicted octanol–water partition coefficient (Wildman–Crippen LogP) is 1.13. The van der Waals surface area contributed by atoms with Gasteiger partial charge in [0, 0.05) is 30.9 Å². The van der Waals surface area contributed by atoms with Gasteiger partial charge >= 0.3 is 0 Å². The van der Waals surface area contributed by atoms with Crippen LogP contribution in [0.4, 0.5) is 0 Å². The van der Waals surface area contributed by atoms with E-state index in [4.69, 9.17) is 9.47 Å². The van der Waals surface area contributed by atoms with E-state index in [2.05, 4.69) is 81.8 Å². The zero-order chi connectivity index (χ0) is 17.8. The molecule has 0 radical (unpaired) electrons. The second kappa shape index (κ2) is 6.63. The molecule has 3 aliphatic rings. The molecule has 3 nitrogen and oxygen atoms in total. The minimum atomic E-state index is -0.649. The van der Waals surface area contributed by atoms with E-state index in [-0.39, 0.29) is 29.8 Å². The molecule has 4 heteroatoms. The Bertz CT molecular complexity index is 812. The lowest BCUT2D eigenvalue weighted by Crippen LogP contribution is -3.00. The molecule has 0 spiro atoms. The van der Waals surface area contributed by atoms with Crippen molar-refractivity contribution in [2.75, 3.05) is 13.2 Å². The largest absolute Gasteiger partial charge is 1.00 e. The molecule has 0 saturated carbocycles. The summed E-state index contributed by atoms with van der Waals surface area (Å²) >= 11 is 0. The van der Waals surface area contributed by atoms with E-state index in [9.17, 15) is 0 Å². The molecule has 1 aliphatic carbocycles. The quantitative estimate of drug-likeness (QED) is 0.592. The van der Waals surface area contributed by atoms with Gasteiger partial charge in [-0.25, -0.2) is 0 Å². The van der Waals surface area contributed by atoms with Gasteiger partial charge in [-0.2, -0.15) is 4.57 Å². The van der Waals surface area contributed by atoms with Crippen LogP contribution in [0.1, 0.15) is 62.0 Å². The number of benzene rings is 1. The molecule has 2 unspecified atom stereocenters. The van der Waals surface area contributed by atoms with E-state index in [1.807, 2.05) is 0 Å². The average Bonchev–Trinajstić information content (AvgIpc) is 2.58. The first-order valence-corrected chi connectivity index (χ1v) is 9.37. The van der Waals surface area contributed by atoms with Crippen molar-refractivity contribution in [3.63, 3.8) is 0 Å². The van der Waals surface area contributed by atoms with Crippen molar-refractivity contribution in [1.82, 2.24) is 0 Å². The molecule has 2 aliphatic heterocycles. The number of halogens is 1. The maximum atomic E-state index is 6.48. The van der Waals surface area contributed by atoms with E-state index in [0.717, 1.165) is 0 Å². The monoisotopic (exact) mass is 373 g/mol. The first-order chi connectivity index (χ1) is 12.0. The Hall–Kier alpha value is -1.42. The summed E-state index contributed by atoms with van der Waals surface area (Å²) < 4.78 is 15.4. The number of ether oxygens (including phenoxy) is 2. The number of fused-ring (bicyclic) bond motifs is 1. The first kappa shape index (κ1) is 19.3. The normalized spacial score (nSPS) is 23.7. The number of nitrogens with zero attached hydrogens (tertiary/aromatic N) is 1. The van der Waals surface area contributed by atoms with Crippen molar-refractivity contribution in [3.05, 3.63) is 65.0 Å². The highest BCUT2D eigenvalue weighted by Crippen LogP contribution is 2.62. The summed E-state index contributed by atoms with van der Waals surface area (Å²) in [6.07, 6.45) is 2.21. The van der Waals surface area contributed by atoms with E-state index >= 15 is 0 Å². The SMILES string of the molecule is CCOC1(OCC)C2c3cccc(C)c3C([n+]3ccccc32)C1(C)C.[Cl-]. The third-order valence-electron chi connectivity index (χ3n) is 6.12. The molecule has 1 aromatic carbocycles. The third kappa shape index (κ3) is 2.24. The lowest BCUT2D eigenvalue weighted by atomic mass is 9.56. The Morgan fingerprint density at radius 2 is 1.69 bits per heavy atom. The van der Waals surface area contributed by atoms with Crippen LogP contribution in [0.3, 0.4) is 0 Å². The van der Waals surface area contributed by atoms with Gasteiger partial charge in [0.1, 0.15) is 5.92 Å². The van der Waals surface area contributed by atoms with Crippen molar-refractivity contribution in [2.45, 2.75) is 52.4 Å². The van der Waals surface area contributed by atoms with E-state index in [1.54, 1.807) is 0 Å². The lowest BCUT2D eigenvalue weighted by Gasteiger charge is -2.57. The molecule has 3 heterocycles. The number of rotatable bonds is 4. The van der Waals surface area contributed by atoms with E-state index < -0.39 is 5.79 Å². The number of hydrogen-bond acceptors (Lipinski definition) is 2. The Morgan fingerprint density at radius 1 is 1.00 bits per heavy atom. The molecule has 1 aromatic heterocycles. The minimum Gasteiger partial charge on any atom is -1.00 e. The highest BCUT2D eigenvalue weighted by Gasteiger charge is 2.70. The fourth-order valence-electron chi connectivity index (χ4n) is 5.26. The van der Waals surface area contributed by atoms with Crippen LogP contribution in [0.25, 0.3) is 0 Å². The van der Waals surface area contributed by atoms with Gasteiger partial charge < -0.3 is 21.9 Å². The van der Waals surface area contributed by atoms with Crippen LogP contribution in [-0.4, -0.2) is 19.0 Å². The van der Waals surface area contributed by atoms with Crippen molar-refractivity contribution >= 4 is 0 Å². The van der Waals surface area contributed by atoms with Crippen LogP contribution in [0.15, 0.2) is 42.6 Å². The van der Waals surface area contributed by atoms with Crippen LogP contribution in [0.5, 0.6) is 0 Å². The van der Waals surface area contributed by atoms with E-state index in [1.165, 1.54) is 22.4 Å². The Balaban J connectivity index is 0.00000196. The van der Waals surface area contributed by atoms with Gasteiger partial charge in [-0.05, 0) is 45.7 Å². The molecule has 5 rings (SSSR count). The van der Waals surface area contributed by atoms with Crippen molar-refractivity contribution in [2.24, 2.45) is 5.41 Å². The molecular weight excluding hydrogens is 346 g/mol. The Morgan fingerprint density at radius 3 is 2.35 bits per heavy atom.